The number of ether oxygens (including phenoxy) is 2. The Morgan fingerprint density at radius 1 is 1.12 bits per heavy atom. The first-order valence-electron chi connectivity index (χ1n) is 12.7. The van der Waals surface area contributed by atoms with Gasteiger partial charge in [0.25, 0.3) is 5.92 Å². The Labute approximate surface area is 255 Å². The maximum atomic E-state index is 15.1. The summed E-state index contributed by atoms with van der Waals surface area (Å²) in [5, 5.41) is 15.9. The quantitative estimate of drug-likeness (QED) is 0.174. The molecule has 2 heterocycles. The maximum absolute atomic E-state index is 15.1. The van der Waals surface area contributed by atoms with Crippen LogP contribution in [-0.2, 0) is 11.4 Å². The van der Waals surface area contributed by atoms with E-state index in [1.807, 2.05) is 6.07 Å². The SMILES string of the molecule is CC(=O)Nc1cc2c(Nc3cc(F)c(OCc4cccc(Cl)n4)cc3Cl)c(C#N)cnc2cc1OCC(F)(F)CN(C)C. The van der Waals surface area contributed by atoms with Gasteiger partial charge in [-0.2, -0.15) is 5.26 Å². The Bertz CT molecular complexity index is 1720. The fraction of sp³-hybridized carbons (Fsp3) is 0.241. The Morgan fingerprint density at radius 3 is 2.56 bits per heavy atom. The second-order valence-electron chi connectivity index (χ2n) is 9.72. The van der Waals surface area contributed by atoms with Gasteiger partial charge in [0.15, 0.2) is 18.2 Å². The van der Waals surface area contributed by atoms with E-state index in [4.69, 9.17) is 32.7 Å². The third kappa shape index (κ3) is 8.16. The molecule has 1 amide bonds. The van der Waals surface area contributed by atoms with Crippen molar-refractivity contribution < 1.29 is 27.4 Å². The summed E-state index contributed by atoms with van der Waals surface area (Å²) in [5.74, 6) is -4.61. The molecule has 14 heteroatoms. The molecular weight excluding hydrogens is 608 g/mol. The molecule has 0 aliphatic rings. The molecular formula is C29H25Cl2F3N6O3. The van der Waals surface area contributed by atoms with E-state index in [9.17, 15) is 18.8 Å². The molecule has 0 unspecified atom stereocenters. The van der Waals surface area contributed by atoms with Gasteiger partial charge in [-0.05, 0) is 32.3 Å². The monoisotopic (exact) mass is 632 g/mol. The Morgan fingerprint density at radius 2 is 1.88 bits per heavy atom. The highest BCUT2D eigenvalue weighted by Gasteiger charge is 2.31. The molecule has 4 rings (SSSR count). The first kappa shape index (κ1) is 31.6. The molecule has 0 spiro atoms. The largest absolute Gasteiger partial charge is 0.485 e. The van der Waals surface area contributed by atoms with Gasteiger partial charge >= 0.3 is 0 Å². The summed E-state index contributed by atoms with van der Waals surface area (Å²) in [7, 11) is 3.02. The van der Waals surface area contributed by atoms with Crippen LogP contribution < -0.4 is 20.1 Å². The molecule has 224 valence electrons. The van der Waals surface area contributed by atoms with Crippen LogP contribution in [0.1, 0.15) is 18.2 Å². The zero-order valence-electron chi connectivity index (χ0n) is 23.1. The molecule has 0 fully saturated rings. The van der Waals surface area contributed by atoms with E-state index in [-0.39, 0.29) is 56.4 Å². The lowest BCUT2D eigenvalue weighted by Crippen LogP contribution is -2.37. The summed E-state index contributed by atoms with van der Waals surface area (Å²) in [6.45, 7) is -0.328. The smallest absolute Gasteiger partial charge is 0.293 e. The molecule has 0 aliphatic heterocycles. The number of pyridine rings is 2. The summed E-state index contributed by atoms with van der Waals surface area (Å²) in [4.78, 5) is 21.6. The molecule has 2 aromatic heterocycles. The number of rotatable bonds is 11. The van der Waals surface area contributed by atoms with Crippen molar-refractivity contribution in [2.75, 3.05) is 37.9 Å². The zero-order valence-corrected chi connectivity index (χ0v) is 24.7. The summed E-state index contributed by atoms with van der Waals surface area (Å²) in [6.07, 6.45) is 1.26. The molecule has 0 radical (unpaired) electrons. The highest BCUT2D eigenvalue weighted by atomic mass is 35.5. The summed E-state index contributed by atoms with van der Waals surface area (Å²) in [5.41, 5.74) is 1.13. The zero-order chi connectivity index (χ0) is 31.3. The minimum Gasteiger partial charge on any atom is -0.485 e. The number of hydrogen-bond donors (Lipinski definition) is 2. The number of fused-ring (bicyclic) bond motifs is 1. The lowest BCUT2D eigenvalue weighted by Gasteiger charge is -2.22. The molecule has 0 saturated heterocycles. The van der Waals surface area contributed by atoms with E-state index in [0.29, 0.717) is 11.1 Å². The van der Waals surface area contributed by atoms with Crippen molar-refractivity contribution in [2.24, 2.45) is 0 Å². The fourth-order valence-corrected chi connectivity index (χ4v) is 4.47. The third-order valence-corrected chi connectivity index (χ3v) is 6.34. The lowest BCUT2D eigenvalue weighted by molar-refractivity contribution is -0.114. The van der Waals surface area contributed by atoms with Gasteiger partial charge in [-0.1, -0.05) is 29.3 Å². The molecule has 2 N–H and O–H groups in total. The number of aromatic nitrogens is 2. The number of anilines is 3. The molecule has 43 heavy (non-hydrogen) atoms. The van der Waals surface area contributed by atoms with Gasteiger partial charge in [0, 0.05) is 36.7 Å². The predicted octanol–water partition coefficient (Wildman–Crippen LogP) is 6.80. The van der Waals surface area contributed by atoms with Crippen LogP contribution in [0.5, 0.6) is 11.5 Å². The predicted molar refractivity (Wildman–Crippen MR) is 158 cm³/mol. The molecule has 4 aromatic rings. The number of nitriles is 1. The number of amides is 1. The number of alkyl halides is 2. The van der Waals surface area contributed by atoms with E-state index in [1.165, 1.54) is 50.3 Å². The van der Waals surface area contributed by atoms with Gasteiger partial charge in [-0.3, -0.25) is 9.78 Å². The van der Waals surface area contributed by atoms with Crippen LogP contribution in [-0.4, -0.2) is 53.9 Å². The summed E-state index contributed by atoms with van der Waals surface area (Å²) in [6, 6.07) is 12.1. The van der Waals surface area contributed by atoms with Gasteiger partial charge in [0.2, 0.25) is 5.91 Å². The number of benzene rings is 2. The second-order valence-corrected chi connectivity index (χ2v) is 10.5. The van der Waals surface area contributed by atoms with Crippen LogP contribution in [0.3, 0.4) is 0 Å². The average Bonchev–Trinajstić information content (AvgIpc) is 2.92. The number of carbonyl (C=O) groups is 1. The lowest BCUT2D eigenvalue weighted by atomic mass is 10.1. The normalized spacial score (nSPS) is 11.3. The van der Waals surface area contributed by atoms with Crippen molar-refractivity contribution in [1.82, 2.24) is 14.9 Å². The van der Waals surface area contributed by atoms with Crippen LogP contribution in [0.4, 0.5) is 30.2 Å². The molecule has 0 aliphatic carbocycles. The van der Waals surface area contributed by atoms with Crippen LogP contribution >= 0.6 is 23.2 Å². The Hall–Kier alpha value is -4.31. The second kappa shape index (κ2) is 13.3. The van der Waals surface area contributed by atoms with Crippen molar-refractivity contribution in [3.63, 3.8) is 0 Å². The highest BCUT2D eigenvalue weighted by Crippen LogP contribution is 2.39. The molecule has 9 nitrogen and oxygen atoms in total. The molecule has 2 aromatic carbocycles. The highest BCUT2D eigenvalue weighted by molar-refractivity contribution is 6.33. The van der Waals surface area contributed by atoms with E-state index >= 15 is 4.39 Å². The van der Waals surface area contributed by atoms with E-state index in [2.05, 4.69) is 20.6 Å². The van der Waals surface area contributed by atoms with Crippen LogP contribution in [0.15, 0.2) is 48.7 Å². The van der Waals surface area contributed by atoms with E-state index in [1.54, 1.807) is 18.2 Å². The van der Waals surface area contributed by atoms with Gasteiger partial charge in [-0.25, -0.2) is 18.2 Å². The van der Waals surface area contributed by atoms with Crippen molar-refractivity contribution in [3.8, 4) is 17.6 Å². The van der Waals surface area contributed by atoms with Crippen molar-refractivity contribution in [2.45, 2.75) is 19.5 Å². The first-order chi connectivity index (χ1) is 20.3. The van der Waals surface area contributed by atoms with Crippen LogP contribution in [0.25, 0.3) is 10.9 Å². The number of halogens is 5. The molecule has 0 atom stereocenters. The number of nitrogens with zero attached hydrogens (tertiary/aromatic N) is 4. The Balaban J connectivity index is 1.68. The average molecular weight is 633 g/mol. The van der Waals surface area contributed by atoms with Crippen molar-refractivity contribution in [3.05, 3.63) is 75.9 Å². The number of nitrogens with one attached hydrogen (secondary N) is 2. The van der Waals surface area contributed by atoms with Gasteiger partial charge < -0.3 is 25.0 Å². The summed E-state index contributed by atoms with van der Waals surface area (Å²) >= 11 is 12.3. The third-order valence-electron chi connectivity index (χ3n) is 5.82. The first-order valence-corrected chi connectivity index (χ1v) is 13.4. The van der Waals surface area contributed by atoms with Gasteiger partial charge in [0.1, 0.15) is 23.6 Å². The molecule has 0 saturated carbocycles. The molecule has 0 bridgehead atoms. The van der Waals surface area contributed by atoms with E-state index in [0.717, 1.165) is 6.07 Å². The maximum Gasteiger partial charge on any atom is 0.293 e. The minimum absolute atomic E-state index is 0.0518. The van der Waals surface area contributed by atoms with Crippen molar-refractivity contribution in [1.29, 1.82) is 5.26 Å². The van der Waals surface area contributed by atoms with Crippen LogP contribution in [0.2, 0.25) is 10.2 Å². The van der Waals surface area contributed by atoms with Gasteiger partial charge in [-0.15, -0.1) is 0 Å². The van der Waals surface area contributed by atoms with Crippen molar-refractivity contribution >= 4 is 57.1 Å². The van der Waals surface area contributed by atoms with Gasteiger partial charge in [0.05, 0.1) is 45.4 Å². The van der Waals surface area contributed by atoms with Crippen LogP contribution in [0, 0.1) is 17.1 Å². The standard InChI is InChI=1S/C29H25Cl2F3N6O3/c1-16(41)37-24-7-19-22(10-26(24)43-15-29(33,34)14-40(2)3)36-12-17(11-35)28(19)39-23-9-21(32)25(8-20(23)30)42-13-18-5-4-6-27(31)38-18/h4-10,12H,13-15H2,1-3H3,(H,36,39)(H,37,41). The summed E-state index contributed by atoms with van der Waals surface area (Å²) < 4.78 is 54.7. The number of hydrogen-bond acceptors (Lipinski definition) is 8. The number of carbonyl (C=O) groups excluding carboxylic acids is 1. The Kier molecular flexibility index (Phi) is 9.80. The van der Waals surface area contributed by atoms with E-state index < -0.39 is 30.8 Å². The topological polar surface area (TPSA) is 112 Å². The fourth-order valence-electron chi connectivity index (χ4n) is 4.09. The minimum atomic E-state index is -3.18.